The molecule has 0 saturated heterocycles. The van der Waals surface area contributed by atoms with Crippen molar-refractivity contribution >= 4 is 11.6 Å². The van der Waals surface area contributed by atoms with Crippen molar-refractivity contribution in [1.29, 1.82) is 0 Å². The number of carbonyl (C=O) groups is 1. The van der Waals surface area contributed by atoms with Crippen molar-refractivity contribution in [2.24, 2.45) is 0 Å². The molecule has 4 heteroatoms. The number of carbonyl (C=O) groups excluding carboxylic acids is 1. The molecule has 15 heavy (non-hydrogen) atoms. The maximum absolute atomic E-state index is 12.9. The van der Waals surface area contributed by atoms with Gasteiger partial charge in [-0.25, -0.2) is 4.39 Å². The number of aryl methyl sites for hydroxylation is 1. The minimum absolute atomic E-state index is 0.0167. The number of benzene rings is 1. The van der Waals surface area contributed by atoms with Crippen LogP contribution in [-0.4, -0.2) is 31.4 Å². The maximum atomic E-state index is 12.9. The Labute approximate surface area is 88.9 Å². The van der Waals surface area contributed by atoms with Crippen molar-refractivity contribution in [2.75, 3.05) is 26.0 Å². The fourth-order valence-electron chi connectivity index (χ4n) is 1.09. The zero-order chi connectivity index (χ0) is 11.4. The molecule has 3 nitrogen and oxygen atoms in total. The molecule has 0 heterocycles. The van der Waals surface area contributed by atoms with Gasteiger partial charge in [-0.2, -0.15) is 0 Å². The highest BCUT2D eigenvalue weighted by atomic mass is 19.1. The number of anilines is 1. The third kappa shape index (κ3) is 3.23. The van der Waals surface area contributed by atoms with Crippen molar-refractivity contribution in [1.82, 2.24) is 4.90 Å². The second-order valence-electron chi connectivity index (χ2n) is 3.61. The Hall–Kier alpha value is -1.58. The number of likely N-dealkylation sites (N-methyl/N-ethyl adjacent to an activating group) is 1. The van der Waals surface area contributed by atoms with Crippen LogP contribution in [0.2, 0.25) is 0 Å². The van der Waals surface area contributed by atoms with Crippen LogP contribution < -0.4 is 5.32 Å². The summed E-state index contributed by atoms with van der Waals surface area (Å²) in [5, 5.41) is 2.94. The predicted octanol–water partition coefficient (Wildman–Crippen LogP) is 1.63. The Morgan fingerprint density at radius 1 is 1.47 bits per heavy atom. The lowest BCUT2D eigenvalue weighted by atomic mass is 10.2. The van der Waals surface area contributed by atoms with Crippen molar-refractivity contribution in [3.8, 4) is 0 Å². The molecule has 0 atom stereocenters. The molecule has 1 amide bonds. The van der Waals surface area contributed by atoms with Crippen LogP contribution >= 0.6 is 0 Å². The van der Waals surface area contributed by atoms with Crippen molar-refractivity contribution in [2.45, 2.75) is 6.92 Å². The second kappa shape index (κ2) is 4.77. The molecule has 1 N–H and O–H groups in total. The Bertz CT molecular complexity index is 364. The van der Waals surface area contributed by atoms with E-state index < -0.39 is 0 Å². The number of hydrogen-bond acceptors (Lipinski definition) is 2. The van der Waals surface area contributed by atoms with Crippen LogP contribution in [0.15, 0.2) is 18.2 Å². The molecule has 0 bridgehead atoms. The molecule has 0 saturated carbocycles. The first-order valence-corrected chi connectivity index (χ1v) is 4.71. The average Bonchev–Trinajstić information content (AvgIpc) is 2.19. The fraction of sp³-hybridized carbons (Fsp3) is 0.364. The quantitative estimate of drug-likeness (QED) is 0.822. The molecule has 0 aliphatic heterocycles. The zero-order valence-electron chi connectivity index (χ0n) is 9.17. The summed E-state index contributed by atoms with van der Waals surface area (Å²) in [6, 6.07) is 4.68. The number of nitrogens with zero attached hydrogens (tertiary/aromatic N) is 1. The van der Waals surface area contributed by atoms with E-state index in [0.717, 1.165) is 5.69 Å². The second-order valence-corrected chi connectivity index (χ2v) is 3.61. The van der Waals surface area contributed by atoms with E-state index in [2.05, 4.69) is 5.32 Å². The minimum atomic E-state index is -0.237. The van der Waals surface area contributed by atoms with E-state index in [0.29, 0.717) is 5.56 Å². The Kier molecular flexibility index (Phi) is 3.66. The first-order valence-electron chi connectivity index (χ1n) is 4.71. The molecule has 0 unspecified atom stereocenters. The van der Waals surface area contributed by atoms with Gasteiger partial charge in [0.1, 0.15) is 5.82 Å². The summed E-state index contributed by atoms with van der Waals surface area (Å²) in [5.74, 6) is -0.253. The normalized spacial score (nSPS) is 9.87. The highest BCUT2D eigenvalue weighted by Gasteiger charge is 2.04. The molecule has 0 radical (unpaired) electrons. The molecule has 82 valence electrons. The highest BCUT2D eigenvalue weighted by Crippen LogP contribution is 2.13. The Balaban J connectivity index is 2.58. The number of hydrogen-bond donors (Lipinski definition) is 1. The smallest absolute Gasteiger partial charge is 0.241 e. The molecule has 1 aromatic carbocycles. The summed E-state index contributed by atoms with van der Waals surface area (Å²) in [7, 11) is 3.39. The summed E-state index contributed by atoms with van der Waals surface area (Å²) in [4.78, 5) is 12.8. The maximum Gasteiger partial charge on any atom is 0.241 e. The molecule has 0 fully saturated rings. The van der Waals surface area contributed by atoms with Gasteiger partial charge in [0, 0.05) is 19.8 Å². The summed E-state index contributed by atoms with van der Waals surface area (Å²) >= 11 is 0. The zero-order valence-corrected chi connectivity index (χ0v) is 9.17. The van der Waals surface area contributed by atoms with E-state index >= 15 is 0 Å². The third-order valence-electron chi connectivity index (χ3n) is 2.10. The Morgan fingerprint density at radius 3 is 2.67 bits per heavy atom. The highest BCUT2D eigenvalue weighted by molar-refractivity contribution is 5.80. The third-order valence-corrected chi connectivity index (χ3v) is 2.10. The van der Waals surface area contributed by atoms with Gasteiger partial charge in [-0.15, -0.1) is 0 Å². The average molecular weight is 210 g/mol. The van der Waals surface area contributed by atoms with E-state index in [1.54, 1.807) is 33.2 Å². The summed E-state index contributed by atoms with van der Waals surface area (Å²) in [6.07, 6.45) is 0. The first kappa shape index (κ1) is 11.5. The van der Waals surface area contributed by atoms with E-state index in [1.165, 1.54) is 11.0 Å². The van der Waals surface area contributed by atoms with E-state index in [9.17, 15) is 9.18 Å². The molecule has 1 rings (SSSR count). The molecule has 0 spiro atoms. The van der Waals surface area contributed by atoms with Crippen molar-refractivity contribution < 1.29 is 9.18 Å². The number of rotatable bonds is 3. The molecule has 1 aromatic rings. The van der Waals surface area contributed by atoms with Gasteiger partial charge >= 0.3 is 0 Å². The van der Waals surface area contributed by atoms with Gasteiger partial charge < -0.3 is 10.2 Å². The number of nitrogens with one attached hydrogen (secondary N) is 1. The molecular formula is C11H15FN2O. The van der Waals surface area contributed by atoms with Crippen LogP contribution in [0.1, 0.15) is 5.56 Å². The van der Waals surface area contributed by atoms with Crippen molar-refractivity contribution in [3.05, 3.63) is 29.6 Å². The standard InChI is InChI=1S/C11H15FN2O/c1-8-6-9(4-5-10(8)12)13-7-11(15)14(2)3/h4-6,13H,7H2,1-3H3. The van der Waals surface area contributed by atoms with Gasteiger partial charge in [-0.05, 0) is 30.7 Å². The minimum Gasteiger partial charge on any atom is -0.376 e. The van der Waals surface area contributed by atoms with Crippen LogP contribution in [-0.2, 0) is 4.79 Å². The predicted molar refractivity (Wildman–Crippen MR) is 58.3 cm³/mol. The SMILES string of the molecule is Cc1cc(NCC(=O)N(C)C)ccc1F. The van der Waals surface area contributed by atoms with E-state index in [-0.39, 0.29) is 18.3 Å². The lowest BCUT2D eigenvalue weighted by Crippen LogP contribution is -2.28. The fourth-order valence-corrected chi connectivity index (χ4v) is 1.09. The summed E-state index contributed by atoms with van der Waals surface area (Å²) in [6.45, 7) is 1.91. The van der Waals surface area contributed by atoms with Gasteiger partial charge in [0.05, 0.1) is 6.54 Å². The molecule has 0 aliphatic rings. The first-order chi connectivity index (χ1) is 7.00. The van der Waals surface area contributed by atoms with Crippen LogP contribution in [0.5, 0.6) is 0 Å². The van der Waals surface area contributed by atoms with Gasteiger partial charge in [-0.3, -0.25) is 4.79 Å². The van der Waals surface area contributed by atoms with Gasteiger partial charge in [0.2, 0.25) is 5.91 Å². The van der Waals surface area contributed by atoms with Gasteiger partial charge in [0.25, 0.3) is 0 Å². The number of halogens is 1. The molecule has 0 aliphatic carbocycles. The lowest BCUT2D eigenvalue weighted by Gasteiger charge is -2.12. The van der Waals surface area contributed by atoms with Gasteiger partial charge in [0.15, 0.2) is 0 Å². The lowest BCUT2D eigenvalue weighted by molar-refractivity contribution is -0.126. The van der Waals surface area contributed by atoms with Crippen LogP contribution in [0, 0.1) is 12.7 Å². The van der Waals surface area contributed by atoms with E-state index in [4.69, 9.17) is 0 Å². The van der Waals surface area contributed by atoms with Gasteiger partial charge in [-0.1, -0.05) is 0 Å². The number of amides is 1. The van der Waals surface area contributed by atoms with E-state index in [1.807, 2.05) is 0 Å². The Morgan fingerprint density at radius 2 is 2.13 bits per heavy atom. The summed E-state index contributed by atoms with van der Waals surface area (Å²) in [5.41, 5.74) is 1.32. The van der Waals surface area contributed by atoms with Crippen LogP contribution in [0.4, 0.5) is 10.1 Å². The van der Waals surface area contributed by atoms with Crippen LogP contribution in [0.25, 0.3) is 0 Å². The monoisotopic (exact) mass is 210 g/mol. The largest absolute Gasteiger partial charge is 0.376 e. The molecule has 0 aromatic heterocycles. The summed E-state index contributed by atoms with van der Waals surface area (Å²) < 4.78 is 12.9. The van der Waals surface area contributed by atoms with Crippen LogP contribution in [0.3, 0.4) is 0 Å². The molecular weight excluding hydrogens is 195 g/mol. The van der Waals surface area contributed by atoms with Crippen molar-refractivity contribution in [3.63, 3.8) is 0 Å². The topological polar surface area (TPSA) is 32.3 Å².